The Labute approximate surface area is 110 Å². The normalized spacial score (nSPS) is 25.8. The van der Waals surface area contributed by atoms with Crippen LogP contribution in [0.4, 0.5) is 14.5 Å². The second-order valence-electron chi connectivity index (χ2n) is 5.14. The van der Waals surface area contributed by atoms with E-state index in [1.807, 2.05) is 4.90 Å². The van der Waals surface area contributed by atoms with E-state index in [1.54, 1.807) is 0 Å². The number of benzene rings is 1. The molecule has 0 aromatic heterocycles. The summed E-state index contributed by atoms with van der Waals surface area (Å²) in [5.41, 5.74) is 5.73. The molecule has 1 heterocycles. The van der Waals surface area contributed by atoms with Crippen LogP contribution in [0.2, 0.25) is 0 Å². The Bertz CT molecular complexity index is 495. The molecule has 2 unspecified atom stereocenters. The van der Waals surface area contributed by atoms with E-state index in [0.717, 1.165) is 19.4 Å². The van der Waals surface area contributed by atoms with Gasteiger partial charge in [0.15, 0.2) is 0 Å². The van der Waals surface area contributed by atoms with Gasteiger partial charge >= 0.3 is 0 Å². The summed E-state index contributed by atoms with van der Waals surface area (Å²) >= 11 is 4.74. The standard InChI is InChI=1S/C13H14F2N2S/c14-10-4-8(13(16)18)5-11(15)12(10)17-6-7-1-2-9(17)3-7/h4-5,7,9H,1-3,6H2,(H2,16,18). The van der Waals surface area contributed by atoms with Gasteiger partial charge in [0, 0.05) is 18.2 Å². The molecule has 18 heavy (non-hydrogen) atoms. The van der Waals surface area contributed by atoms with E-state index in [4.69, 9.17) is 18.0 Å². The number of thiocarbonyl (C=S) groups is 1. The van der Waals surface area contributed by atoms with E-state index >= 15 is 0 Å². The van der Waals surface area contributed by atoms with Crippen molar-refractivity contribution in [2.45, 2.75) is 25.3 Å². The minimum atomic E-state index is -0.564. The molecule has 2 fully saturated rings. The third-order valence-corrected chi connectivity index (χ3v) is 4.23. The second kappa shape index (κ2) is 4.16. The predicted octanol–water partition coefficient (Wildman–Crippen LogP) is 2.59. The van der Waals surface area contributed by atoms with Crippen LogP contribution in [0.15, 0.2) is 12.1 Å². The largest absolute Gasteiger partial charge is 0.389 e. The van der Waals surface area contributed by atoms with Gasteiger partial charge in [-0.15, -0.1) is 0 Å². The number of hydrogen-bond acceptors (Lipinski definition) is 2. The first-order chi connectivity index (χ1) is 8.56. The van der Waals surface area contributed by atoms with Crippen LogP contribution in [0.5, 0.6) is 0 Å². The van der Waals surface area contributed by atoms with Crippen LogP contribution in [-0.4, -0.2) is 17.6 Å². The van der Waals surface area contributed by atoms with E-state index in [9.17, 15) is 8.78 Å². The highest BCUT2D eigenvalue weighted by Gasteiger charge is 2.39. The Morgan fingerprint density at radius 2 is 1.94 bits per heavy atom. The van der Waals surface area contributed by atoms with Gasteiger partial charge in [0.25, 0.3) is 0 Å². The van der Waals surface area contributed by atoms with Crippen molar-refractivity contribution in [3.63, 3.8) is 0 Å². The number of halogens is 2. The van der Waals surface area contributed by atoms with Crippen LogP contribution in [0.25, 0.3) is 0 Å². The van der Waals surface area contributed by atoms with Crippen molar-refractivity contribution in [2.75, 3.05) is 11.4 Å². The van der Waals surface area contributed by atoms with Gasteiger partial charge < -0.3 is 10.6 Å². The van der Waals surface area contributed by atoms with Crippen molar-refractivity contribution in [1.82, 2.24) is 0 Å². The van der Waals surface area contributed by atoms with Gasteiger partial charge in [-0.3, -0.25) is 0 Å². The minimum absolute atomic E-state index is 0.0160. The maximum absolute atomic E-state index is 14.1. The van der Waals surface area contributed by atoms with Crippen molar-refractivity contribution in [3.05, 3.63) is 29.3 Å². The van der Waals surface area contributed by atoms with Crippen molar-refractivity contribution >= 4 is 22.9 Å². The summed E-state index contributed by atoms with van der Waals surface area (Å²) in [6, 6.07) is 2.74. The molecular formula is C13H14F2N2S. The summed E-state index contributed by atoms with van der Waals surface area (Å²) in [5.74, 6) is -0.542. The highest BCUT2D eigenvalue weighted by molar-refractivity contribution is 7.80. The maximum atomic E-state index is 14.1. The summed E-state index contributed by atoms with van der Waals surface area (Å²) in [4.78, 5) is 1.88. The van der Waals surface area contributed by atoms with Crippen LogP contribution < -0.4 is 10.6 Å². The number of rotatable bonds is 2. The summed E-state index contributed by atoms with van der Waals surface area (Å²) in [6.45, 7) is 0.755. The Hall–Kier alpha value is -1.23. The molecule has 2 atom stereocenters. The minimum Gasteiger partial charge on any atom is -0.389 e. The van der Waals surface area contributed by atoms with E-state index in [0.29, 0.717) is 5.92 Å². The van der Waals surface area contributed by atoms with E-state index in [2.05, 4.69) is 0 Å². The quantitative estimate of drug-likeness (QED) is 0.836. The van der Waals surface area contributed by atoms with Crippen molar-refractivity contribution in [2.24, 2.45) is 11.7 Å². The molecule has 1 aromatic carbocycles. The molecule has 0 radical (unpaired) electrons. The summed E-state index contributed by atoms with van der Waals surface area (Å²) < 4.78 is 28.1. The zero-order valence-corrected chi connectivity index (χ0v) is 10.6. The highest BCUT2D eigenvalue weighted by Crippen LogP contribution is 2.41. The van der Waals surface area contributed by atoms with Gasteiger partial charge in [-0.05, 0) is 37.3 Å². The number of nitrogens with zero attached hydrogens (tertiary/aromatic N) is 1. The van der Waals surface area contributed by atoms with E-state index in [-0.39, 0.29) is 22.3 Å². The number of anilines is 1. The SMILES string of the molecule is NC(=S)c1cc(F)c(N2CC3CCC2C3)c(F)c1. The molecule has 96 valence electrons. The maximum Gasteiger partial charge on any atom is 0.150 e. The topological polar surface area (TPSA) is 29.3 Å². The first-order valence-corrected chi connectivity index (χ1v) is 6.52. The highest BCUT2D eigenvalue weighted by atomic mass is 32.1. The number of nitrogens with two attached hydrogens (primary N) is 1. The fraction of sp³-hybridized carbons (Fsp3) is 0.462. The molecular weight excluding hydrogens is 254 g/mol. The molecule has 2 bridgehead atoms. The van der Waals surface area contributed by atoms with Crippen LogP contribution in [0.3, 0.4) is 0 Å². The molecule has 1 aliphatic carbocycles. The number of fused-ring (bicyclic) bond motifs is 2. The summed E-state index contributed by atoms with van der Waals surface area (Å²) in [5, 5.41) is 0. The molecule has 1 saturated heterocycles. The first-order valence-electron chi connectivity index (χ1n) is 6.11. The fourth-order valence-electron chi connectivity index (χ4n) is 3.18. The van der Waals surface area contributed by atoms with E-state index in [1.165, 1.54) is 18.6 Å². The van der Waals surface area contributed by atoms with Crippen LogP contribution in [-0.2, 0) is 0 Å². The van der Waals surface area contributed by atoms with Crippen LogP contribution in [0.1, 0.15) is 24.8 Å². The summed E-state index contributed by atoms with van der Waals surface area (Å²) in [7, 11) is 0. The van der Waals surface area contributed by atoms with Gasteiger partial charge in [-0.25, -0.2) is 8.78 Å². The van der Waals surface area contributed by atoms with Crippen LogP contribution >= 0.6 is 12.2 Å². The Morgan fingerprint density at radius 1 is 1.28 bits per heavy atom. The number of piperidine rings is 1. The molecule has 3 rings (SSSR count). The molecule has 0 amide bonds. The third-order valence-electron chi connectivity index (χ3n) is 4.00. The van der Waals surface area contributed by atoms with Gasteiger partial charge in [-0.2, -0.15) is 0 Å². The predicted molar refractivity (Wildman–Crippen MR) is 70.7 cm³/mol. The van der Waals surface area contributed by atoms with Gasteiger partial charge in [0.1, 0.15) is 22.3 Å². The Balaban J connectivity index is 2.00. The molecule has 0 spiro atoms. The molecule has 1 aromatic rings. The first kappa shape index (κ1) is 11.8. The van der Waals surface area contributed by atoms with Gasteiger partial charge in [-0.1, -0.05) is 12.2 Å². The lowest BCUT2D eigenvalue weighted by Gasteiger charge is -2.29. The molecule has 2 nitrogen and oxygen atoms in total. The molecule has 2 N–H and O–H groups in total. The molecule has 5 heteroatoms. The fourth-order valence-corrected chi connectivity index (χ4v) is 3.30. The zero-order chi connectivity index (χ0) is 12.9. The van der Waals surface area contributed by atoms with E-state index < -0.39 is 11.6 Å². The lowest BCUT2D eigenvalue weighted by Crippen LogP contribution is -2.33. The smallest absolute Gasteiger partial charge is 0.150 e. The van der Waals surface area contributed by atoms with Gasteiger partial charge in [0.05, 0.1) is 0 Å². The summed E-state index contributed by atoms with van der Waals surface area (Å²) in [6.07, 6.45) is 3.26. The van der Waals surface area contributed by atoms with Crippen LogP contribution in [0, 0.1) is 17.6 Å². The monoisotopic (exact) mass is 268 g/mol. The second-order valence-corrected chi connectivity index (χ2v) is 5.58. The Kier molecular flexibility index (Phi) is 2.73. The van der Waals surface area contributed by atoms with Crippen molar-refractivity contribution < 1.29 is 8.78 Å². The third kappa shape index (κ3) is 1.77. The lowest BCUT2D eigenvalue weighted by atomic mass is 10.1. The molecule has 2 aliphatic rings. The van der Waals surface area contributed by atoms with Crippen molar-refractivity contribution in [3.8, 4) is 0 Å². The Morgan fingerprint density at radius 3 is 2.39 bits per heavy atom. The molecule has 1 aliphatic heterocycles. The zero-order valence-electron chi connectivity index (χ0n) is 9.83. The number of hydrogen-bond donors (Lipinski definition) is 1. The van der Waals surface area contributed by atoms with Gasteiger partial charge in [0.2, 0.25) is 0 Å². The molecule has 1 saturated carbocycles. The average Bonchev–Trinajstić information content (AvgIpc) is 2.89. The van der Waals surface area contributed by atoms with Crippen molar-refractivity contribution in [1.29, 1.82) is 0 Å². The lowest BCUT2D eigenvalue weighted by molar-refractivity contribution is 0.520. The average molecular weight is 268 g/mol.